The van der Waals surface area contributed by atoms with E-state index in [1.54, 1.807) is 11.3 Å². The number of benzene rings is 1. The van der Waals surface area contributed by atoms with Crippen LogP contribution >= 0.6 is 11.3 Å². The third kappa shape index (κ3) is 1.45. The normalized spacial score (nSPS) is 17.0. The van der Waals surface area contributed by atoms with Crippen LogP contribution in [0.2, 0.25) is 0 Å². The molecule has 1 unspecified atom stereocenters. The van der Waals surface area contributed by atoms with E-state index in [1.807, 2.05) is 29.7 Å². The number of rotatable bonds is 0. The summed E-state index contributed by atoms with van der Waals surface area (Å²) in [4.78, 5) is 18.8. The molecule has 0 spiro atoms. The van der Waals surface area contributed by atoms with E-state index in [0.717, 1.165) is 33.6 Å². The van der Waals surface area contributed by atoms with Crippen LogP contribution in [0.4, 0.5) is 0 Å². The van der Waals surface area contributed by atoms with E-state index in [-0.39, 0.29) is 11.6 Å². The highest BCUT2D eigenvalue weighted by molar-refractivity contribution is 7.13. The Bertz CT molecular complexity index is 891. The Morgan fingerprint density at radius 2 is 2.20 bits per heavy atom. The van der Waals surface area contributed by atoms with Gasteiger partial charge < -0.3 is 0 Å². The van der Waals surface area contributed by atoms with Crippen molar-refractivity contribution in [1.29, 1.82) is 0 Å². The van der Waals surface area contributed by atoms with Gasteiger partial charge in [-0.25, -0.2) is 4.98 Å². The van der Waals surface area contributed by atoms with E-state index in [1.165, 1.54) is 5.56 Å². The third-order valence-corrected chi connectivity index (χ3v) is 4.99. The number of aryl methyl sites for hydroxylation is 1. The maximum absolute atomic E-state index is 12.8. The molecule has 3 nitrogen and oxygen atoms in total. The van der Waals surface area contributed by atoms with Crippen molar-refractivity contribution >= 4 is 22.2 Å². The summed E-state index contributed by atoms with van der Waals surface area (Å²) in [6.07, 6.45) is 0.907. The predicted molar refractivity (Wildman–Crippen MR) is 82.5 cm³/mol. The first kappa shape index (κ1) is 11.9. The first-order valence-electron chi connectivity index (χ1n) is 6.75. The van der Waals surface area contributed by atoms with E-state index < -0.39 is 0 Å². The minimum absolute atomic E-state index is 0.0836. The molecule has 0 amide bonds. The molecule has 3 aromatic rings. The number of para-hydroxylation sites is 1. The molecule has 1 atom stereocenters. The van der Waals surface area contributed by atoms with Crippen molar-refractivity contribution in [2.75, 3.05) is 0 Å². The molecule has 0 aliphatic carbocycles. The second kappa shape index (κ2) is 4.03. The Kier molecular flexibility index (Phi) is 2.39. The number of aromatic nitrogens is 2. The molecular weight excluding hydrogens is 268 g/mol. The predicted octanol–water partition coefficient (Wildman–Crippen LogP) is 3.55. The van der Waals surface area contributed by atoms with Crippen LogP contribution in [0, 0.1) is 6.92 Å². The summed E-state index contributed by atoms with van der Waals surface area (Å²) < 4.78 is 1.86. The molecule has 0 saturated heterocycles. The molecule has 20 heavy (non-hydrogen) atoms. The van der Waals surface area contributed by atoms with Crippen molar-refractivity contribution in [2.45, 2.75) is 26.3 Å². The lowest BCUT2D eigenvalue weighted by atomic mass is 10.0. The van der Waals surface area contributed by atoms with Gasteiger partial charge in [-0.05, 0) is 48.9 Å². The van der Waals surface area contributed by atoms with Gasteiger partial charge in [0.05, 0.1) is 15.8 Å². The molecule has 1 aliphatic heterocycles. The maximum atomic E-state index is 12.8. The van der Waals surface area contributed by atoms with Crippen LogP contribution in [0.15, 0.2) is 34.4 Å². The minimum atomic E-state index is 0.0836. The van der Waals surface area contributed by atoms with Gasteiger partial charge >= 0.3 is 0 Å². The zero-order valence-corrected chi connectivity index (χ0v) is 12.2. The number of thiophene rings is 1. The average Bonchev–Trinajstić information content (AvgIpc) is 2.88. The Labute approximate surface area is 120 Å². The van der Waals surface area contributed by atoms with Crippen LogP contribution in [0.25, 0.3) is 21.6 Å². The van der Waals surface area contributed by atoms with Gasteiger partial charge in [0.15, 0.2) is 5.82 Å². The van der Waals surface area contributed by atoms with Gasteiger partial charge in [0, 0.05) is 6.04 Å². The smallest absolute Gasteiger partial charge is 0.261 e. The molecule has 1 aromatic carbocycles. The molecule has 3 heterocycles. The zero-order chi connectivity index (χ0) is 13.9. The molecule has 1 aliphatic rings. The zero-order valence-electron chi connectivity index (χ0n) is 11.4. The van der Waals surface area contributed by atoms with Crippen LogP contribution in [-0.4, -0.2) is 9.55 Å². The fourth-order valence-electron chi connectivity index (χ4n) is 3.04. The fourth-order valence-corrected chi connectivity index (χ4v) is 3.96. The van der Waals surface area contributed by atoms with Crippen LogP contribution in [0.3, 0.4) is 0 Å². The monoisotopic (exact) mass is 282 g/mol. The highest BCUT2D eigenvalue weighted by atomic mass is 32.1. The molecule has 0 bridgehead atoms. The van der Waals surface area contributed by atoms with Crippen LogP contribution < -0.4 is 5.56 Å². The highest BCUT2D eigenvalue weighted by Crippen LogP contribution is 2.36. The quantitative estimate of drug-likeness (QED) is 0.632. The highest BCUT2D eigenvalue weighted by Gasteiger charge is 2.26. The maximum Gasteiger partial charge on any atom is 0.261 e. The standard InChI is InChI=1S/C16H14N2OS/c1-9-4-3-5-12-13(9)17-15-14-11(6-7-20-14)8-10(2)18(15)16(12)19/h3-7,10H,8H2,1-2H3. The molecule has 0 radical (unpaired) electrons. The molecule has 100 valence electrons. The van der Waals surface area contributed by atoms with E-state index in [2.05, 4.69) is 18.4 Å². The second-order valence-electron chi connectivity index (χ2n) is 5.41. The third-order valence-electron chi connectivity index (χ3n) is 4.04. The van der Waals surface area contributed by atoms with Crippen molar-refractivity contribution < 1.29 is 0 Å². The average molecular weight is 282 g/mol. The Morgan fingerprint density at radius 1 is 1.35 bits per heavy atom. The van der Waals surface area contributed by atoms with Gasteiger partial charge in [-0.3, -0.25) is 9.36 Å². The van der Waals surface area contributed by atoms with Gasteiger partial charge in [0.25, 0.3) is 5.56 Å². The van der Waals surface area contributed by atoms with E-state index >= 15 is 0 Å². The lowest BCUT2D eigenvalue weighted by Gasteiger charge is -2.24. The van der Waals surface area contributed by atoms with Crippen LogP contribution in [0.1, 0.15) is 24.1 Å². The van der Waals surface area contributed by atoms with Gasteiger partial charge in [0.1, 0.15) is 0 Å². The number of fused-ring (bicyclic) bond motifs is 4. The van der Waals surface area contributed by atoms with Crippen molar-refractivity contribution in [3.63, 3.8) is 0 Å². The minimum Gasteiger partial charge on any atom is -0.288 e. The largest absolute Gasteiger partial charge is 0.288 e. The second-order valence-corrected chi connectivity index (χ2v) is 6.33. The number of hydrogen-bond donors (Lipinski definition) is 0. The Balaban J connectivity index is 2.20. The molecule has 0 saturated carbocycles. The fraction of sp³-hybridized carbons (Fsp3) is 0.250. The number of hydrogen-bond acceptors (Lipinski definition) is 3. The molecule has 2 aromatic heterocycles. The summed E-state index contributed by atoms with van der Waals surface area (Å²) in [5.74, 6) is 0.834. The summed E-state index contributed by atoms with van der Waals surface area (Å²) in [5, 5.41) is 2.81. The van der Waals surface area contributed by atoms with Crippen molar-refractivity contribution in [2.24, 2.45) is 0 Å². The van der Waals surface area contributed by atoms with Gasteiger partial charge in [-0.1, -0.05) is 12.1 Å². The van der Waals surface area contributed by atoms with Crippen LogP contribution in [-0.2, 0) is 6.42 Å². The molecule has 0 fully saturated rings. The summed E-state index contributed by atoms with van der Waals surface area (Å²) in [5.41, 5.74) is 3.28. The molecular formula is C16H14N2OS. The van der Waals surface area contributed by atoms with Gasteiger partial charge in [0.2, 0.25) is 0 Å². The molecule has 4 heteroatoms. The lowest BCUT2D eigenvalue weighted by molar-refractivity contribution is 0.519. The van der Waals surface area contributed by atoms with Crippen molar-refractivity contribution in [3.8, 4) is 10.7 Å². The summed E-state index contributed by atoms with van der Waals surface area (Å²) >= 11 is 1.67. The van der Waals surface area contributed by atoms with Crippen LogP contribution in [0.5, 0.6) is 0 Å². The first-order valence-corrected chi connectivity index (χ1v) is 7.63. The van der Waals surface area contributed by atoms with Gasteiger partial charge in [-0.2, -0.15) is 0 Å². The Morgan fingerprint density at radius 3 is 3.05 bits per heavy atom. The molecule has 0 N–H and O–H groups in total. The van der Waals surface area contributed by atoms with Crippen molar-refractivity contribution in [3.05, 3.63) is 51.1 Å². The summed E-state index contributed by atoms with van der Waals surface area (Å²) in [6, 6.07) is 8.12. The van der Waals surface area contributed by atoms with Crippen molar-refractivity contribution in [1.82, 2.24) is 9.55 Å². The van der Waals surface area contributed by atoms with E-state index in [0.29, 0.717) is 0 Å². The Hall–Kier alpha value is -1.94. The van der Waals surface area contributed by atoms with E-state index in [4.69, 9.17) is 4.98 Å². The summed E-state index contributed by atoms with van der Waals surface area (Å²) in [7, 11) is 0. The SMILES string of the molecule is Cc1cccc2c(=O)n3c(nc12)-c1sccc1CC3C. The van der Waals surface area contributed by atoms with Gasteiger partial charge in [-0.15, -0.1) is 11.3 Å². The lowest BCUT2D eigenvalue weighted by Crippen LogP contribution is -2.30. The topological polar surface area (TPSA) is 34.9 Å². The summed E-state index contributed by atoms with van der Waals surface area (Å²) in [6.45, 7) is 4.10. The van der Waals surface area contributed by atoms with E-state index in [9.17, 15) is 4.79 Å². The number of nitrogens with zero attached hydrogens (tertiary/aromatic N) is 2. The first-order chi connectivity index (χ1) is 9.66. The molecule has 4 rings (SSSR count).